The number of carbonyl (C=O) groups excluding carboxylic acids is 2. The van der Waals surface area contributed by atoms with Crippen LogP contribution in [-0.4, -0.2) is 40.2 Å². The number of esters is 1. The molecular formula is C27H30N4O4. The summed E-state index contributed by atoms with van der Waals surface area (Å²) < 4.78 is 13.0. The Morgan fingerprint density at radius 2 is 1.89 bits per heavy atom. The summed E-state index contributed by atoms with van der Waals surface area (Å²) in [6.45, 7) is 9.76. The molecule has 0 radical (unpaired) electrons. The zero-order valence-corrected chi connectivity index (χ0v) is 20.6. The van der Waals surface area contributed by atoms with Crippen LogP contribution in [0.5, 0.6) is 5.75 Å². The highest BCUT2D eigenvalue weighted by atomic mass is 16.5. The molecule has 0 fully saturated rings. The van der Waals surface area contributed by atoms with Crippen molar-refractivity contribution in [2.45, 2.75) is 46.8 Å². The van der Waals surface area contributed by atoms with Gasteiger partial charge in [0.2, 0.25) is 0 Å². The molecular weight excluding hydrogens is 444 g/mol. The Morgan fingerprint density at radius 3 is 2.54 bits per heavy atom. The van der Waals surface area contributed by atoms with Crippen molar-refractivity contribution >= 4 is 17.7 Å². The van der Waals surface area contributed by atoms with E-state index < -0.39 is 24.0 Å². The summed E-state index contributed by atoms with van der Waals surface area (Å²) in [5.41, 5.74) is 4.43. The lowest BCUT2D eigenvalue weighted by Gasteiger charge is -2.30. The molecule has 2 heterocycles. The lowest BCUT2D eigenvalue weighted by atomic mass is 9.87. The van der Waals surface area contributed by atoms with E-state index in [4.69, 9.17) is 14.6 Å². The molecule has 0 spiro atoms. The van der Waals surface area contributed by atoms with Gasteiger partial charge in [0.15, 0.2) is 0 Å². The number of benzene rings is 2. The van der Waals surface area contributed by atoms with Crippen molar-refractivity contribution in [2.75, 3.05) is 6.61 Å². The zero-order chi connectivity index (χ0) is 25.1. The first kappa shape index (κ1) is 24.2. The summed E-state index contributed by atoms with van der Waals surface area (Å²) in [7, 11) is 0. The van der Waals surface area contributed by atoms with Gasteiger partial charge in [-0.25, -0.2) is 14.5 Å². The Labute approximate surface area is 205 Å². The molecule has 8 heteroatoms. The third kappa shape index (κ3) is 5.11. The molecule has 2 atom stereocenters. The third-order valence-corrected chi connectivity index (χ3v) is 5.79. The molecule has 0 bridgehead atoms. The number of aryl methyl sites for hydroxylation is 1. The van der Waals surface area contributed by atoms with Gasteiger partial charge in [-0.15, -0.1) is 0 Å². The third-order valence-electron chi connectivity index (χ3n) is 5.79. The van der Waals surface area contributed by atoms with Gasteiger partial charge in [-0.3, -0.25) is 4.79 Å². The van der Waals surface area contributed by atoms with Gasteiger partial charge in [-0.05, 0) is 70.5 Å². The first-order valence-corrected chi connectivity index (χ1v) is 11.7. The Bertz CT molecular complexity index is 1260. The zero-order valence-electron chi connectivity index (χ0n) is 20.6. The maximum Gasteiger partial charge on any atom is 0.341 e. The number of hydrogen-bond acceptors (Lipinski definition) is 5. The van der Waals surface area contributed by atoms with Gasteiger partial charge in [0, 0.05) is 23.0 Å². The molecule has 0 aliphatic carbocycles. The number of nitrogens with one attached hydrogen (secondary N) is 1. The van der Waals surface area contributed by atoms with Gasteiger partial charge >= 0.3 is 12.0 Å². The maximum atomic E-state index is 13.1. The molecule has 4 rings (SSSR count). The fourth-order valence-corrected chi connectivity index (χ4v) is 4.26. The monoisotopic (exact) mass is 474 g/mol. The second-order valence-corrected chi connectivity index (χ2v) is 8.77. The minimum atomic E-state index is -0.772. The van der Waals surface area contributed by atoms with Crippen LogP contribution >= 0.6 is 0 Å². The van der Waals surface area contributed by atoms with Crippen molar-refractivity contribution < 1.29 is 19.1 Å². The Hall–Kier alpha value is -3.94. The topological polar surface area (TPSA) is 94.8 Å². The SMILES string of the molecule is CCOc1ccc(-c2nn(-c3ccccc3)cc2C2NC(=O)N=C(C)C2C(=O)OC(C)C)cc1C. The smallest absolute Gasteiger partial charge is 0.341 e. The predicted molar refractivity (Wildman–Crippen MR) is 134 cm³/mol. The highest BCUT2D eigenvalue weighted by Crippen LogP contribution is 2.36. The van der Waals surface area contributed by atoms with E-state index in [1.54, 1.807) is 25.5 Å². The second-order valence-electron chi connectivity index (χ2n) is 8.77. The van der Waals surface area contributed by atoms with Gasteiger partial charge in [0.25, 0.3) is 0 Å². The molecule has 1 aliphatic heterocycles. The second kappa shape index (κ2) is 10.1. The molecule has 3 aromatic rings. The van der Waals surface area contributed by atoms with Crippen molar-refractivity contribution in [3.8, 4) is 22.7 Å². The summed E-state index contributed by atoms with van der Waals surface area (Å²) in [6.07, 6.45) is 1.56. The molecule has 2 aromatic carbocycles. The highest BCUT2D eigenvalue weighted by molar-refractivity contribution is 6.08. The molecule has 8 nitrogen and oxygen atoms in total. The molecule has 1 aliphatic rings. The van der Waals surface area contributed by atoms with Gasteiger partial charge in [0.1, 0.15) is 11.7 Å². The minimum absolute atomic E-state index is 0.297. The van der Waals surface area contributed by atoms with E-state index in [-0.39, 0.29) is 6.10 Å². The molecule has 1 aromatic heterocycles. The maximum absolute atomic E-state index is 13.1. The van der Waals surface area contributed by atoms with Crippen LogP contribution in [0.3, 0.4) is 0 Å². The van der Waals surface area contributed by atoms with E-state index in [2.05, 4.69) is 10.3 Å². The van der Waals surface area contributed by atoms with Crippen LogP contribution in [0.1, 0.15) is 44.9 Å². The number of para-hydroxylation sites is 1. The predicted octanol–water partition coefficient (Wildman–Crippen LogP) is 5.04. The molecule has 0 saturated heterocycles. The Kier molecular flexibility index (Phi) is 7.00. The minimum Gasteiger partial charge on any atom is -0.494 e. The highest BCUT2D eigenvalue weighted by Gasteiger charge is 2.40. The van der Waals surface area contributed by atoms with E-state index >= 15 is 0 Å². The van der Waals surface area contributed by atoms with Crippen molar-refractivity contribution in [1.29, 1.82) is 0 Å². The van der Waals surface area contributed by atoms with Crippen LogP contribution in [0.4, 0.5) is 4.79 Å². The van der Waals surface area contributed by atoms with Gasteiger partial charge in [-0.2, -0.15) is 5.10 Å². The number of aliphatic imine (C=N–C) groups is 1. The first-order valence-electron chi connectivity index (χ1n) is 11.7. The average molecular weight is 475 g/mol. The van der Waals surface area contributed by atoms with Crippen molar-refractivity contribution in [2.24, 2.45) is 10.9 Å². The Morgan fingerprint density at radius 1 is 1.14 bits per heavy atom. The quantitative estimate of drug-likeness (QED) is 0.484. The summed E-state index contributed by atoms with van der Waals surface area (Å²) in [5.74, 6) is -0.411. The molecule has 2 amide bonds. The van der Waals surface area contributed by atoms with E-state index in [0.29, 0.717) is 23.6 Å². The number of nitrogens with zero attached hydrogens (tertiary/aromatic N) is 3. The van der Waals surface area contributed by atoms with Crippen LogP contribution < -0.4 is 10.1 Å². The number of urea groups is 1. The lowest BCUT2D eigenvalue weighted by Crippen LogP contribution is -2.44. The standard InChI is InChI=1S/C27H30N4O4/c1-6-34-22-13-12-19(14-17(22)4)24-21(15-31(30-24)20-10-8-7-9-11-20)25-23(26(32)35-16(2)3)18(5)28-27(33)29-25/h7-16,23,25H,6H2,1-5H3,(H,29,33). The number of amides is 2. The van der Waals surface area contributed by atoms with E-state index in [1.807, 2.05) is 68.6 Å². The number of hydrogen-bond donors (Lipinski definition) is 1. The number of carbonyl (C=O) groups is 2. The molecule has 35 heavy (non-hydrogen) atoms. The number of rotatable bonds is 7. The van der Waals surface area contributed by atoms with Crippen LogP contribution in [-0.2, 0) is 9.53 Å². The molecule has 1 N–H and O–H groups in total. The molecule has 2 unspecified atom stereocenters. The van der Waals surface area contributed by atoms with Crippen LogP contribution in [0.15, 0.2) is 59.7 Å². The summed E-state index contributed by atoms with van der Waals surface area (Å²) in [4.78, 5) is 29.6. The van der Waals surface area contributed by atoms with Gasteiger partial charge < -0.3 is 14.8 Å². The van der Waals surface area contributed by atoms with Crippen LogP contribution in [0.25, 0.3) is 16.9 Å². The summed E-state index contributed by atoms with van der Waals surface area (Å²) >= 11 is 0. The number of aromatic nitrogens is 2. The first-order chi connectivity index (χ1) is 16.8. The van der Waals surface area contributed by atoms with Crippen molar-refractivity contribution in [3.05, 3.63) is 65.9 Å². The van der Waals surface area contributed by atoms with E-state index in [9.17, 15) is 9.59 Å². The summed E-state index contributed by atoms with van der Waals surface area (Å²) in [6, 6.07) is 14.3. The summed E-state index contributed by atoms with van der Waals surface area (Å²) in [5, 5.41) is 7.76. The van der Waals surface area contributed by atoms with Crippen molar-refractivity contribution in [3.63, 3.8) is 0 Å². The molecule has 0 saturated carbocycles. The normalized spacial score (nSPS) is 17.7. The van der Waals surface area contributed by atoms with E-state index in [0.717, 1.165) is 22.6 Å². The number of ether oxygens (including phenoxy) is 2. The van der Waals surface area contributed by atoms with Crippen LogP contribution in [0, 0.1) is 12.8 Å². The fourth-order valence-electron chi connectivity index (χ4n) is 4.26. The average Bonchev–Trinajstić information content (AvgIpc) is 3.25. The largest absolute Gasteiger partial charge is 0.494 e. The van der Waals surface area contributed by atoms with E-state index in [1.165, 1.54) is 0 Å². The van der Waals surface area contributed by atoms with Crippen molar-refractivity contribution in [1.82, 2.24) is 15.1 Å². The lowest BCUT2D eigenvalue weighted by molar-refractivity contribution is -0.150. The Balaban J connectivity index is 1.87. The molecule has 182 valence electrons. The fraction of sp³-hybridized carbons (Fsp3) is 0.333. The van der Waals surface area contributed by atoms with Gasteiger partial charge in [-0.1, -0.05) is 18.2 Å². The van der Waals surface area contributed by atoms with Gasteiger partial charge in [0.05, 0.1) is 30.1 Å². The van der Waals surface area contributed by atoms with Crippen LogP contribution in [0.2, 0.25) is 0 Å².